The highest BCUT2D eigenvalue weighted by molar-refractivity contribution is 5.33. The van der Waals surface area contributed by atoms with Gasteiger partial charge in [0.05, 0.1) is 30.0 Å². The quantitative estimate of drug-likeness (QED) is 0.916. The maximum absolute atomic E-state index is 8.82. The van der Waals surface area contributed by atoms with Gasteiger partial charge < -0.3 is 10.1 Å². The van der Waals surface area contributed by atoms with E-state index in [-0.39, 0.29) is 6.04 Å². The molecule has 1 aromatic heterocycles. The van der Waals surface area contributed by atoms with E-state index in [1.165, 1.54) is 0 Å². The van der Waals surface area contributed by atoms with Crippen LogP contribution in [0.1, 0.15) is 35.3 Å². The number of hydrogen-bond donors (Lipinski definition) is 1. The van der Waals surface area contributed by atoms with Gasteiger partial charge in [0.15, 0.2) is 0 Å². The van der Waals surface area contributed by atoms with Crippen LogP contribution in [-0.2, 0) is 13.6 Å². The van der Waals surface area contributed by atoms with Gasteiger partial charge in [-0.15, -0.1) is 0 Å². The fourth-order valence-electron chi connectivity index (χ4n) is 2.36. The summed E-state index contributed by atoms with van der Waals surface area (Å²) in [4.78, 5) is 0. The number of aryl methyl sites for hydroxylation is 2. The summed E-state index contributed by atoms with van der Waals surface area (Å²) < 4.78 is 7.14. The molecule has 1 atom stereocenters. The molecule has 0 saturated heterocycles. The average molecular weight is 284 g/mol. The number of aromatic nitrogens is 2. The van der Waals surface area contributed by atoms with Crippen molar-refractivity contribution in [2.75, 3.05) is 7.11 Å². The SMILES string of the molecule is COc1c(CNC(C)c2ccc(C#N)cc2)c(C)nn1C. The van der Waals surface area contributed by atoms with E-state index in [9.17, 15) is 0 Å². The molecule has 1 heterocycles. The summed E-state index contributed by atoms with van der Waals surface area (Å²) >= 11 is 0. The molecule has 0 saturated carbocycles. The van der Waals surface area contributed by atoms with Gasteiger partial charge in [0.1, 0.15) is 0 Å². The van der Waals surface area contributed by atoms with Crippen LogP contribution in [0, 0.1) is 18.3 Å². The first-order chi connectivity index (χ1) is 10.1. The Bertz CT molecular complexity index is 652. The molecule has 110 valence electrons. The second-order valence-corrected chi connectivity index (χ2v) is 5.03. The van der Waals surface area contributed by atoms with Gasteiger partial charge in [-0.25, -0.2) is 4.68 Å². The third-order valence-electron chi connectivity index (χ3n) is 3.61. The topological polar surface area (TPSA) is 62.9 Å². The fourth-order valence-corrected chi connectivity index (χ4v) is 2.36. The van der Waals surface area contributed by atoms with Gasteiger partial charge in [-0.3, -0.25) is 0 Å². The van der Waals surface area contributed by atoms with E-state index in [4.69, 9.17) is 10.00 Å². The van der Waals surface area contributed by atoms with Gasteiger partial charge in [-0.1, -0.05) is 12.1 Å². The van der Waals surface area contributed by atoms with Crippen molar-refractivity contribution in [2.24, 2.45) is 7.05 Å². The number of nitriles is 1. The third kappa shape index (κ3) is 3.23. The Labute approximate surface area is 125 Å². The van der Waals surface area contributed by atoms with Crippen molar-refractivity contribution in [3.63, 3.8) is 0 Å². The molecule has 2 rings (SSSR count). The number of nitrogens with one attached hydrogen (secondary N) is 1. The molecule has 0 aliphatic rings. The fraction of sp³-hybridized carbons (Fsp3) is 0.375. The van der Waals surface area contributed by atoms with Crippen molar-refractivity contribution in [3.8, 4) is 11.9 Å². The molecule has 0 bridgehead atoms. The molecular formula is C16H20N4O. The van der Waals surface area contributed by atoms with Gasteiger partial charge in [-0.2, -0.15) is 10.4 Å². The molecule has 0 radical (unpaired) electrons. The van der Waals surface area contributed by atoms with Crippen LogP contribution in [0.15, 0.2) is 24.3 Å². The summed E-state index contributed by atoms with van der Waals surface area (Å²) in [6.07, 6.45) is 0. The monoisotopic (exact) mass is 284 g/mol. The van der Waals surface area contributed by atoms with Crippen molar-refractivity contribution < 1.29 is 4.74 Å². The van der Waals surface area contributed by atoms with Crippen molar-refractivity contribution in [1.82, 2.24) is 15.1 Å². The van der Waals surface area contributed by atoms with Crippen molar-refractivity contribution in [2.45, 2.75) is 26.4 Å². The molecule has 1 unspecified atom stereocenters. The van der Waals surface area contributed by atoms with Gasteiger partial charge in [0.2, 0.25) is 5.88 Å². The molecule has 2 aromatic rings. The lowest BCUT2D eigenvalue weighted by Crippen LogP contribution is -2.18. The first kappa shape index (κ1) is 15.1. The predicted octanol–water partition coefficient (Wildman–Crippen LogP) is 2.46. The molecule has 0 fully saturated rings. The third-order valence-corrected chi connectivity index (χ3v) is 3.61. The largest absolute Gasteiger partial charge is 0.481 e. The number of rotatable bonds is 5. The zero-order valence-corrected chi connectivity index (χ0v) is 12.8. The Balaban J connectivity index is 2.07. The Morgan fingerprint density at radius 2 is 2.05 bits per heavy atom. The van der Waals surface area contributed by atoms with E-state index in [1.807, 2.05) is 38.2 Å². The summed E-state index contributed by atoms with van der Waals surface area (Å²) in [7, 11) is 3.53. The zero-order chi connectivity index (χ0) is 15.4. The van der Waals surface area contributed by atoms with Crippen LogP contribution in [-0.4, -0.2) is 16.9 Å². The predicted molar refractivity (Wildman–Crippen MR) is 80.9 cm³/mol. The Morgan fingerprint density at radius 3 is 2.62 bits per heavy atom. The van der Waals surface area contributed by atoms with Crippen molar-refractivity contribution >= 4 is 0 Å². The molecular weight excluding hydrogens is 264 g/mol. The van der Waals surface area contributed by atoms with Crippen LogP contribution in [0.2, 0.25) is 0 Å². The van der Waals surface area contributed by atoms with E-state index in [0.29, 0.717) is 12.1 Å². The smallest absolute Gasteiger partial charge is 0.216 e. The highest BCUT2D eigenvalue weighted by Gasteiger charge is 2.14. The van der Waals surface area contributed by atoms with E-state index in [2.05, 4.69) is 23.4 Å². The van der Waals surface area contributed by atoms with Gasteiger partial charge >= 0.3 is 0 Å². The number of methoxy groups -OCH3 is 1. The first-order valence-electron chi connectivity index (χ1n) is 6.86. The van der Waals surface area contributed by atoms with E-state index in [1.54, 1.807) is 11.8 Å². The molecule has 0 aliphatic carbocycles. The Hall–Kier alpha value is -2.32. The zero-order valence-electron chi connectivity index (χ0n) is 12.8. The van der Waals surface area contributed by atoms with E-state index < -0.39 is 0 Å². The average Bonchev–Trinajstić information content (AvgIpc) is 2.78. The minimum atomic E-state index is 0.182. The second kappa shape index (κ2) is 6.42. The molecule has 21 heavy (non-hydrogen) atoms. The maximum atomic E-state index is 8.82. The molecule has 5 heteroatoms. The van der Waals surface area contributed by atoms with Crippen LogP contribution in [0.5, 0.6) is 5.88 Å². The van der Waals surface area contributed by atoms with E-state index in [0.717, 1.165) is 22.7 Å². The van der Waals surface area contributed by atoms with Crippen molar-refractivity contribution in [1.29, 1.82) is 5.26 Å². The highest BCUT2D eigenvalue weighted by atomic mass is 16.5. The summed E-state index contributed by atoms with van der Waals surface area (Å²) in [5.41, 5.74) is 3.86. The number of ether oxygens (including phenoxy) is 1. The Morgan fingerprint density at radius 1 is 1.38 bits per heavy atom. The lowest BCUT2D eigenvalue weighted by Gasteiger charge is -2.14. The number of nitrogens with zero attached hydrogens (tertiary/aromatic N) is 3. The summed E-state index contributed by atoms with van der Waals surface area (Å²) in [6, 6.07) is 9.94. The molecule has 5 nitrogen and oxygen atoms in total. The Kier molecular flexibility index (Phi) is 4.61. The van der Waals surface area contributed by atoms with Gasteiger partial charge in [0.25, 0.3) is 0 Å². The maximum Gasteiger partial charge on any atom is 0.216 e. The second-order valence-electron chi connectivity index (χ2n) is 5.03. The summed E-state index contributed by atoms with van der Waals surface area (Å²) in [6.45, 7) is 4.76. The first-order valence-corrected chi connectivity index (χ1v) is 6.86. The van der Waals surface area contributed by atoms with E-state index >= 15 is 0 Å². The van der Waals surface area contributed by atoms with Crippen LogP contribution >= 0.6 is 0 Å². The molecule has 1 aromatic carbocycles. The van der Waals surface area contributed by atoms with Crippen LogP contribution in [0.3, 0.4) is 0 Å². The number of benzene rings is 1. The minimum Gasteiger partial charge on any atom is -0.481 e. The van der Waals surface area contributed by atoms with Crippen molar-refractivity contribution in [3.05, 3.63) is 46.6 Å². The minimum absolute atomic E-state index is 0.182. The molecule has 0 amide bonds. The molecule has 0 spiro atoms. The lowest BCUT2D eigenvalue weighted by molar-refractivity contribution is 0.367. The normalized spacial score (nSPS) is 12.0. The standard InChI is InChI=1S/C16H20N4O/c1-11(14-7-5-13(9-17)6-8-14)18-10-15-12(2)19-20(3)16(15)21-4/h5-8,11,18H,10H2,1-4H3. The number of hydrogen-bond acceptors (Lipinski definition) is 4. The van der Waals surface area contributed by atoms with Crippen LogP contribution in [0.4, 0.5) is 0 Å². The van der Waals surface area contributed by atoms with Crippen LogP contribution < -0.4 is 10.1 Å². The highest BCUT2D eigenvalue weighted by Crippen LogP contribution is 2.22. The summed E-state index contributed by atoms with van der Waals surface area (Å²) in [5, 5.41) is 16.7. The molecule has 0 aliphatic heterocycles. The van der Waals surface area contributed by atoms with Gasteiger partial charge in [-0.05, 0) is 31.5 Å². The summed E-state index contributed by atoms with van der Waals surface area (Å²) in [5.74, 6) is 0.784. The lowest BCUT2D eigenvalue weighted by atomic mass is 10.1. The van der Waals surface area contributed by atoms with Gasteiger partial charge in [0, 0.05) is 19.6 Å². The molecule has 1 N–H and O–H groups in total. The van der Waals surface area contributed by atoms with Crippen LogP contribution in [0.25, 0.3) is 0 Å².